The minimum absolute atomic E-state index is 0.0324. The van der Waals surface area contributed by atoms with Crippen LogP contribution in [0.4, 0.5) is 10.5 Å². The lowest BCUT2D eigenvalue weighted by atomic mass is 10.2. The third-order valence-corrected chi connectivity index (χ3v) is 4.33. The summed E-state index contributed by atoms with van der Waals surface area (Å²) in [5.41, 5.74) is 1.40. The molecule has 2 amide bonds. The fourth-order valence-electron chi connectivity index (χ4n) is 1.86. The highest BCUT2D eigenvalue weighted by Gasteiger charge is 2.17. The number of carbonyl (C=O) groups is 1. The van der Waals surface area contributed by atoms with Gasteiger partial charge in [-0.3, -0.25) is 0 Å². The van der Waals surface area contributed by atoms with E-state index in [0.29, 0.717) is 18.0 Å². The van der Waals surface area contributed by atoms with Crippen LogP contribution in [0.2, 0.25) is 0 Å². The van der Waals surface area contributed by atoms with Gasteiger partial charge in [0.05, 0.1) is 11.5 Å². The number of ether oxygens (including phenoxy) is 1. The third kappa shape index (κ3) is 4.72. The maximum absolute atomic E-state index is 12.1. The Bertz CT molecular complexity index is 769. The lowest BCUT2D eigenvalue weighted by molar-refractivity contribution is 0.256. The summed E-state index contributed by atoms with van der Waals surface area (Å²) in [7, 11) is -3.90. The summed E-state index contributed by atoms with van der Waals surface area (Å²) in [6, 6.07) is 12.0. The third-order valence-electron chi connectivity index (χ3n) is 2.98. The van der Waals surface area contributed by atoms with Gasteiger partial charge in [0.15, 0.2) is 0 Å². The van der Waals surface area contributed by atoms with Crippen LogP contribution in [0, 0.1) is 6.92 Å². The number of carbonyl (C=O) groups excluding carboxylic acids is 1. The van der Waals surface area contributed by atoms with Gasteiger partial charge < -0.3 is 10.1 Å². The summed E-state index contributed by atoms with van der Waals surface area (Å²) in [6.45, 7) is 4.26. The molecule has 0 unspecified atom stereocenters. The van der Waals surface area contributed by atoms with E-state index in [1.54, 1.807) is 36.4 Å². The first-order valence-corrected chi connectivity index (χ1v) is 8.52. The lowest BCUT2D eigenvalue weighted by Crippen LogP contribution is -2.34. The number of anilines is 1. The maximum Gasteiger partial charge on any atom is 0.333 e. The number of aryl methyl sites for hydroxylation is 1. The highest BCUT2D eigenvalue weighted by molar-refractivity contribution is 7.90. The SMILES string of the molecule is CCOc1ccc(NC(=O)NS(=O)(=O)c2ccc(C)cc2)cc1. The molecule has 122 valence electrons. The van der Waals surface area contributed by atoms with Crippen LogP contribution >= 0.6 is 0 Å². The molecule has 0 radical (unpaired) electrons. The molecule has 2 aromatic rings. The van der Waals surface area contributed by atoms with E-state index in [-0.39, 0.29) is 4.90 Å². The number of urea groups is 1. The molecule has 0 atom stereocenters. The Kier molecular flexibility index (Phi) is 5.23. The summed E-state index contributed by atoms with van der Waals surface area (Å²) in [5.74, 6) is 0.672. The van der Waals surface area contributed by atoms with Crippen LogP contribution in [-0.4, -0.2) is 21.1 Å². The highest BCUT2D eigenvalue weighted by atomic mass is 32.2. The van der Waals surface area contributed by atoms with Crippen molar-refractivity contribution in [1.29, 1.82) is 0 Å². The average molecular weight is 334 g/mol. The topological polar surface area (TPSA) is 84.5 Å². The summed E-state index contributed by atoms with van der Waals surface area (Å²) in [5, 5.41) is 2.46. The van der Waals surface area contributed by atoms with Gasteiger partial charge in [0.2, 0.25) is 0 Å². The molecule has 0 fully saturated rings. The van der Waals surface area contributed by atoms with E-state index >= 15 is 0 Å². The molecular weight excluding hydrogens is 316 g/mol. The van der Waals surface area contributed by atoms with Gasteiger partial charge in [0.1, 0.15) is 5.75 Å². The van der Waals surface area contributed by atoms with Crippen molar-refractivity contribution in [1.82, 2.24) is 4.72 Å². The van der Waals surface area contributed by atoms with Crippen LogP contribution < -0.4 is 14.8 Å². The van der Waals surface area contributed by atoms with Gasteiger partial charge in [0, 0.05) is 5.69 Å². The molecule has 0 saturated carbocycles. The molecule has 0 spiro atoms. The fourth-order valence-corrected chi connectivity index (χ4v) is 2.76. The number of rotatable bonds is 5. The second kappa shape index (κ2) is 7.15. The molecule has 0 bridgehead atoms. The van der Waals surface area contributed by atoms with Gasteiger partial charge >= 0.3 is 6.03 Å². The highest BCUT2D eigenvalue weighted by Crippen LogP contribution is 2.16. The van der Waals surface area contributed by atoms with Crippen LogP contribution in [-0.2, 0) is 10.0 Å². The van der Waals surface area contributed by atoms with Gasteiger partial charge in [-0.2, -0.15) is 0 Å². The van der Waals surface area contributed by atoms with E-state index in [0.717, 1.165) is 5.56 Å². The number of nitrogens with one attached hydrogen (secondary N) is 2. The maximum atomic E-state index is 12.1. The predicted octanol–water partition coefficient (Wildman–Crippen LogP) is 2.90. The van der Waals surface area contributed by atoms with Gasteiger partial charge in [-0.05, 0) is 50.2 Å². The number of hydrogen-bond acceptors (Lipinski definition) is 4. The molecule has 7 heteroatoms. The quantitative estimate of drug-likeness (QED) is 0.880. The van der Waals surface area contributed by atoms with Crippen LogP contribution in [0.15, 0.2) is 53.4 Å². The van der Waals surface area contributed by atoms with Crippen molar-refractivity contribution in [3.63, 3.8) is 0 Å². The molecule has 0 aromatic heterocycles. The van der Waals surface area contributed by atoms with E-state index in [1.807, 2.05) is 18.6 Å². The zero-order valence-corrected chi connectivity index (χ0v) is 13.7. The van der Waals surface area contributed by atoms with Crippen molar-refractivity contribution in [2.24, 2.45) is 0 Å². The van der Waals surface area contributed by atoms with Crippen LogP contribution in [0.5, 0.6) is 5.75 Å². The number of amides is 2. The van der Waals surface area contributed by atoms with Crippen molar-refractivity contribution in [3.05, 3.63) is 54.1 Å². The minimum atomic E-state index is -3.90. The summed E-state index contributed by atoms with van der Waals surface area (Å²) in [6.07, 6.45) is 0. The molecule has 0 aliphatic carbocycles. The Balaban J connectivity index is 2.02. The zero-order chi connectivity index (χ0) is 16.9. The normalized spacial score (nSPS) is 10.9. The van der Waals surface area contributed by atoms with Gasteiger partial charge in [-0.15, -0.1) is 0 Å². The molecule has 0 heterocycles. The van der Waals surface area contributed by atoms with Crippen LogP contribution in [0.1, 0.15) is 12.5 Å². The van der Waals surface area contributed by atoms with Gasteiger partial charge in [0.25, 0.3) is 10.0 Å². The second-order valence-electron chi connectivity index (χ2n) is 4.83. The van der Waals surface area contributed by atoms with Crippen LogP contribution in [0.3, 0.4) is 0 Å². The zero-order valence-electron chi connectivity index (χ0n) is 12.9. The molecule has 2 aromatic carbocycles. The first kappa shape index (κ1) is 16.8. The minimum Gasteiger partial charge on any atom is -0.494 e. The smallest absolute Gasteiger partial charge is 0.333 e. The standard InChI is InChI=1S/C16H18N2O4S/c1-3-22-14-8-6-13(7-9-14)17-16(19)18-23(20,21)15-10-4-12(2)5-11-15/h4-11H,3H2,1-2H3,(H2,17,18,19). The Morgan fingerprint density at radius 2 is 1.65 bits per heavy atom. The van der Waals surface area contributed by atoms with E-state index < -0.39 is 16.1 Å². The van der Waals surface area contributed by atoms with Gasteiger partial charge in [-0.1, -0.05) is 17.7 Å². The molecule has 0 aliphatic rings. The molecule has 0 saturated heterocycles. The van der Waals surface area contributed by atoms with Crippen molar-refractivity contribution >= 4 is 21.7 Å². The molecule has 2 N–H and O–H groups in total. The monoisotopic (exact) mass is 334 g/mol. The predicted molar refractivity (Wildman–Crippen MR) is 88.1 cm³/mol. The van der Waals surface area contributed by atoms with Crippen molar-refractivity contribution in [3.8, 4) is 5.75 Å². The summed E-state index contributed by atoms with van der Waals surface area (Å²) in [4.78, 5) is 11.9. The molecule has 2 rings (SSSR count). The van der Waals surface area contributed by atoms with Crippen molar-refractivity contribution in [2.75, 3.05) is 11.9 Å². The average Bonchev–Trinajstić information content (AvgIpc) is 2.49. The first-order valence-electron chi connectivity index (χ1n) is 7.04. The van der Waals surface area contributed by atoms with Crippen molar-refractivity contribution in [2.45, 2.75) is 18.7 Å². The second-order valence-corrected chi connectivity index (χ2v) is 6.51. The van der Waals surface area contributed by atoms with E-state index in [4.69, 9.17) is 4.74 Å². The Labute approximate surface area is 135 Å². The number of sulfonamides is 1. The Morgan fingerprint density at radius 3 is 2.22 bits per heavy atom. The summed E-state index contributed by atoms with van der Waals surface area (Å²) < 4.78 is 31.4. The summed E-state index contributed by atoms with van der Waals surface area (Å²) >= 11 is 0. The molecule has 6 nitrogen and oxygen atoms in total. The molecule has 0 aliphatic heterocycles. The largest absolute Gasteiger partial charge is 0.494 e. The van der Waals surface area contributed by atoms with E-state index in [2.05, 4.69) is 5.32 Å². The van der Waals surface area contributed by atoms with E-state index in [9.17, 15) is 13.2 Å². The first-order chi connectivity index (χ1) is 10.9. The van der Waals surface area contributed by atoms with Crippen molar-refractivity contribution < 1.29 is 17.9 Å². The number of hydrogen-bond donors (Lipinski definition) is 2. The van der Waals surface area contributed by atoms with Crippen LogP contribution in [0.25, 0.3) is 0 Å². The molecular formula is C16H18N2O4S. The molecule has 23 heavy (non-hydrogen) atoms. The fraction of sp³-hybridized carbons (Fsp3) is 0.188. The Hall–Kier alpha value is -2.54. The Morgan fingerprint density at radius 1 is 1.04 bits per heavy atom. The van der Waals surface area contributed by atoms with Gasteiger partial charge in [-0.25, -0.2) is 17.9 Å². The number of benzene rings is 2. The lowest BCUT2D eigenvalue weighted by Gasteiger charge is -2.09. The van der Waals surface area contributed by atoms with E-state index in [1.165, 1.54) is 12.1 Å².